The molecule has 128 valence electrons. The van der Waals surface area contributed by atoms with E-state index in [1.54, 1.807) is 0 Å². The van der Waals surface area contributed by atoms with Gasteiger partial charge in [0.25, 0.3) is 0 Å². The molecule has 0 aliphatic carbocycles. The Morgan fingerprint density at radius 1 is 0.652 bits per heavy atom. The Balaban J connectivity index is 2.48. The normalized spacial score (nSPS) is 13.3. The monoisotopic (exact) mass is 414 g/mol. The van der Waals surface area contributed by atoms with Gasteiger partial charge in [-0.05, 0) is 24.3 Å². The van der Waals surface area contributed by atoms with Crippen LogP contribution in [-0.2, 0) is 29.5 Å². The Kier molecular flexibility index (Phi) is 5.07. The zero-order valence-corrected chi connectivity index (χ0v) is 16.3. The maximum atomic E-state index is 12.5. The molecule has 2 heterocycles. The summed E-state index contributed by atoms with van der Waals surface area (Å²) in [6, 6.07) is 4.98. The van der Waals surface area contributed by atoms with Crippen molar-refractivity contribution in [2.75, 3.05) is 11.5 Å². The zero-order valence-electron chi connectivity index (χ0n) is 12.2. The Hall–Kier alpha value is -0.750. The predicted molar refractivity (Wildman–Crippen MR) is 89.5 cm³/mol. The highest BCUT2D eigenvalue weighted by atomic mass is 32.3. The maximum absolute atomic E-state index is 12.5. The van der Waals surface area contributed by atoms with Crippen molar-refractivity contribution in [1.82, 2.24) is 0 Å². The second-order valence-corrected chi connectivity index (χ2v) is 14.0. The molecule has 2 rings (SSSR count). The number of rotatable bonds is 6. The fourth-order valence-electron chi connectivity index (χ4n) is 1.61. The van der Waals surface area contributed by atoms with Crippen LogP contribution in [0.4, 0.5) is 0 Å². The molecular weight excluding hydrogens is 400 g/mol. The SMILES string of the molecule is CCS(=O)(=O)c1ccc(S(=O)(=O)c2ccc(S(=O)(=O)CC)s2)s1. The summed E-state index contributed by atoms with van der Waals surface area (Å²) in [7, 11) is -10.9. The minimum Gasteiger partial charge on any atom is -0.223 e. The summed E-state index contributed by atoms with van der Waals surface area (Å²) in [6.45, 7) is 2.95. The topological polar surface area (TPSA) is 102 Å². The number of hydrogen-bond donors (Lipinski definition) is 0. The minimum absolute atomic E-state index is 0.0171. The van der Waals surface area contributed by atoms with Gasteiger partial charge in [0.15, 0.2) is 19.7 Å². The van der Waals surface area contributed by atoms with Gasteiger partial charge in [0, 0.05) is 0 Å². The Morgan fingerprint density at radius 2 is 0.957 bits per heavy atom. The average molecular weight is 415 g/mol. The van der Waals surface area contributed by atoms with E-state index in [1.807, 2.05) is 0 Å². The molecule has 2 aromatic rings. The van der Waals surface area contributed by atoms with Gasteiger partial charge in [-0.25, -0.2) is 25.3 Å². The fourth-order valence-corrected chi connectivity index (χ4v) is 9.06. The first-order chi connectivity index (χ1) is 10.5. The Morgan fingerprint density at radius 3 is 1.26 bits per heavy atom. The third kappa shape index (κ3) is 3.53. The van der Waals surface area contributed by atoms with E-state index in [0.717, 1.165) is 0 Å². The average Bonchev–Trinajstić information content (AvgIpc) is 3.17. The van der Waals surface area contributed by atoms with Crippen LogP contribution in [-0.4, -0.2) is 36.8 Å². The van der Waals surface area contributed by atoms with Gasteiger partial charge in [-0.3, -0.25) is 0 Å². The number of sulfone groups is 3. The van der Waals surface area contributed by atoms with Crippen LogP contribution in [0.2, 0.25) is 0 Å². The van der Waals surface area contributed by atoms with Crippen molar-refractivity contribution in [2.45, 2.75) is 30.7 Å². The lowest BCUT2D eigenvalue weighted by Gasteiger charge is -1.98. The van der Waals surface area contributed by atoms with Crippen LogP contribution in [0.1, 0.15) is 13.8 Å². The van der Waals surface area contributed by atoms with Crippen LogP contribution in [0.25, 0.3) is 0 Å². The summed E-state index contributed by atoms with van der Waals surface area (Å²) in [5.41, 5.74) is 0. The molecule has 0 fully saturated rings. The summed E-state index contributed by atoms with van der Waals surface area (Å²) in [6.07, 6.45) is 0. The van der Waals surface area contributed by atoms with Crippen LogP contribution < -0.4 is 0 Å². The lowest BCUT2D eigenvalue weighted by atomic mass is 10.7. The third-order valence-electron chi connectivity index (χ3n) is 3.02. The van der Waals surface area contributed by atoms with Crippen molar-refractivity contribution in [1.29, 1.82) is 0 Å². The lowest BCUT2D eigenvalue weighted by molar-refractivity contribution is 0.597. The van der Waals surface area contributed by atoms with E-state index in [2.05, 4.69) is 0 Å². The lowest BCUT2D eigenvalue weighted by Crippen LogP contribution is -2.01. The Bertz CT molecular complexity index is 943. The molecule has 0 atom stereocenters. The van der Waals surface area contributed by atoms with E-state index in [-0.39, 0.29) is 28.3 Å². The maximum Gasteiger partial charge on any atom is 0.225 e. The van der Waals surface area contributed by atoms with Gasteiger partial charge < -0.3 is 0 Å². The second-order valence-electron chi connectivity index (χ2n) is 4.46. The van der Waals surface area contributed by atoms with Crippen molar-refractivity contribution in [3.63, 3.8) is 0 Å². The molecular formula is C12H14O6S5. The summed E-state index contributed by atoms with van der Waals surface area (Å²) < 4.78 is 71.9. The van der Waals surface area contributed by atoms with Crippen molar-refractivity contribution in [3.05, 3.63) is 24.3 Å². The Labute approximate surface area is 143 Å². The molecule has 0 bridgehead atoms. The van der Waals surface area contributed by atoms with Crippen LogP contribution in [0.3, 0.4) is 0 Å². The summed E-state index contributed by atoms with van der Waals surface area (Å²) in [4.78, 5) is 0. The van der Waals surface area contributed by atoms with Crippen LogP contribution in [0.5, 0.6) is 0 Å². The molecule has 0 saturated heterocycles. The highest BCUT2D eigenvalue weighted by Crippen LogP contribution is 2.35. The molecule has 0 unspecified atom stereocenters. The molecule has 0 saturated carbocycles. The molecule has 0 aliphatic heterocycles. The van der Waals surface area contributed by atoms with Gasteiger partial charge in [-0.2, -0.15) is 0 Å². The highest BCUT2D eigenvalue weighted by Gasteiger charge is 2.26. The zero-order chi connectivity index (χ0) is 17.5. The van der Waals surface area contributed by atoms with E-state index in [9.17, 15) is 25.3 Å². The molecule has 6 nitrogen and oxygen atoms in total. The van der Waals surface area contributed by atoms with Crippen molar-refractivity contribution in [3.8, 4) is 0 Å². The van der Waals surface area contributed by atoms with E-state index < -0.39 is 29.5 Å². The highest BCUT2D eigenvalue weighted by molar-refractivity contribution is 7.98. The molecule has 2 aromatic heterocycles. The van der Waals surface area contributed by atoms with Gasteiger partial charge in [0.2, 0.25) is 9.84 Å². The molecule has 0 spiro atoms. The summed E-state index contributed by atoms with van der Waals surface area (Å²) in [5.74, 6) is -0.240. The van der Waals surface area contributed by atoms with Crippen LogP contribution >= 0.6 is 22.7 Å². The summed E-state index contributed by atoms with van der Waals surface area (Å²) >= 11 is 1.34. The van der Waals surface area contributed by atoms with Gasteiger partial charge in [-0.1, -0.05) is 13.8 Å². The summed E-state index contributed by atoms with van der Waals surface area (Å²) in [5, 5.41) is 0. The van der Waals surface area contributed by atoms with Crippen molar-refractivity contribution in [2.24, 2.45) is 0 Å². The first-order valence-electron chi connectivity index (χ1n) is 6.45. The van der Waals surface area contributed by atoms with E-state index in [4.69, 9.17) is 0 Å². The van der Waals surface area contributed by atoms with Crippen molar-refractivity contribution < 1.29 is 25.3 Å². The van der Waals surface area contributed by atoms with E-state index >= 15 is 0 Å². The fraction of sp³-hybridized carbons (Fsp3) is 0.333. The van der Waals surface area contributed by atoms with Gasteiger partial charge in [0.05, 0.1) is 11.5 Å². The second kappa shape index (κ2) is 6.28. The first-order valence-corrected chi connectivity index (χ1v) is 12.9. The molecule has 0 N–H and O–H groups in total. The van der Waals surface area contributed by atoms with Gasteiger partial charge in [-0.15, -0.1) is 22.7 Å². The van der Waals surface area contributed by atoms with E-state index in [0.29, 0.717) is 22.7 Å². The number of thiophene rings is 2. The van der Waals surface area contributed by atoms with Crippen molar-refractivity contribution >= 4 is 52.2 Å². The molecule has 23 heavy (non-hydrogen) atoms. The molecule has 11 heteroatoms. The predicted octanol–water partition coefficient (Wildman–Crippen LogP) is 2.23. The first kappa shape index (κ1) is 18.6. The molecule has 0 radical (unpaired) electrons. The quantitative estimate of drug-likeness (QED) is 0.718. The standard InChI is InChI=1S/C12H14O6S5/c1-3-21(13,14)9-5-7-11(19-9)23(17,18)12-8-6-10(20-12)22(15,16)4-2/h5-8H,3-4H2,1-2H3. The van der Waals surface area contributed by atoms with Crippen LogP contribution in [0, 0.1) is 0 Å². The molecule has 0 aromatic carbocycles. The van der Waals surface area contributed by atoms with E-state index in [1.165, 1.54) is 38.1 Å². The van der Waals surface area contributed by atoms with Crippen LogP contribution in [0.15, 0.2) is 41.1 Å². The van der Waals surface area contributed by atoms with Gasteiger partial charge >= 0.3 is 0 Å². The minimum atomic E-state index is -3.93. The third-order valence-corrected chi connectivity index (χ3v) is 12.6. The largest absolute Gasteiger partial charge is 0.225 e. The smallest absolute Gasteiger partial charge is 0.223 e. The molecule has 0 amide bonds. The molecule has 0 aliphatic rings. The van der Waals surface area contributed by atoms with Gasteiger partial charge in [0.1, 0.15) is 16.8 Å². The number of hydrogen-bond acceptors (Lipinski definition) is 8.